The summed E-state index contributed by atoms with van der Waals surface area (Å²) >= 11 is 0. The van der Waals surface area contributed by atoms with Crippen molar-refractivity contribution in [2.45, 2.75) is 32.2 Å². The predicted octanol–water partition coefficient (Wildman–Crippen LogP) is -0.0275. The van der Waals surface area contributed by atoms with Crippen LogP contribution in [0, 0.1) is 0 Å². The molecule has 0 unspecified atom stereocenters. The lowest BCUT2D eigenvalue weighted by atomic mass is 10.1. The molecular weight excluding hydrogens is 157 g/mol. The highest BCUT2D eigenvalue weighted by molar-refractivity contribution is 6.57. The Bertz CT molecular complexity index is 172. The molecular formula is C7H14BNO3. The van der Waals surface area contributed by atoms with Gasteiger partial charge in [-0.2, -0.15) is 0 Å². The van der Waals surface area contributed by atoms with Crippen LogP contribution in [0.3, 0.4) is 0 Å². The van der Waals surface area contributed by atoms with Crippen LogP contribution < -0.4 is 5.32 Å². The van der Waals surface area contributed by atoms with Crippen molar-refractivity contribution in [1.29, 1.82) is 0 Å². The summed E-state index contributed by atoms with van der Waals surface area (Å²) in [6.07, 6.45) is 2.26. The van der Waals surface area contributed by atoms with Gasteiger partial charge in [-0.05, 0) is 6.42 Å². The lowest BCUT2D eigenvalue weighted by molar-refractivity contribution is -0.139. The standard InChI is InChI=1S/C7H14BNO3/c1-2-3-4-5(6(10)11)9-7(8)12/h5H,2-4,8H2,1H3,(H,9,12)(H,10,11)/t5-/m0/s1. The Kier molecular flexibility index (Phi) is 5.16. The first kappa shape index (κ1) is 11.0. The molecule has 12 heavy (non-hydrogen) atoms. The second-order valence-corrected chi connectivity index (χ2v) is 2.73. The van der Waals surface area contributed by atoms with Crippen molar-refractivity contribution in [3.63, 3.8) is 0 Å². The first-order chi connectivity index (χ1) is 5.57. The molecule has 0 aliphatic rings. The van der Waals surface area contributed by atoms with Crippen molar-refractivity contribution in [2.75, 3.05) is 0 Å². The van der Waals surface area contributed by atoms with Crippen LogP contribution in [0.2, 0.25) is 0 Å². The number of carbonyl (C=O) groups is 2. The normalized spacial score (nSPS) is 12.1. The first-order valence-corrected chi connectivity index (χ1v) is 4.07. The summed E-state index contributed by atoms with van der Waals surface area (Å²) in [6, 6.07) is -0.720. The lowest BCUT2D eigenvalue weighted by Gasteiger charge is -2.11. The lowest BCUT2D eigenvalue weighted by Crippen LogP contribution is -2.40. The fourth-order valence-corrected chi connectivity index (χ4v) is 0.911. The molecule has 1 amide bonds. The monoisotopic (exact) mass is 171 g/mol. The van der Waals surface area contributed by atoms with E-state index in [9.17, 15) is 9.59 Å². The van der Waals surface area contributed by atoms with E-state index in [1.54, 1.807) is 0 Å². The van der Waals surface area contributed by atoms with E-state index in [2.05, 4.69) is 5.32 Å². The van der Waals surface area contributed by atoms with Gasteiger partial charge in [0.2, 0.25) is 7.85 Å². The average Bonchev–Trinajstić information content (AvgIpc) is 1.96. The molecule has 1 atom stereocenters. The highest BCUT2D eigenvalue weighted by atomic mass is 16.4. The summed E-state index contributed by atoms with van der Waals surface area (Å²) in [4.78, 5) is 21.1. The van der Waals surface area contributed by atoms with Gasteiger partial charge in [0.05, 0.1) is 0 Å². The Morgan fingerprint density at radius 3 is 2.50 bits per heavy atom. The molecule has 0 aromatic rings. The number of hydrogen-bond acceptors (Lipinski definition) is 2. The molecule has 0 fully saturated rings. The van der Waals surface area contributed by atoms with E-state index in [0.29, 0.717) is 6.42 Å². The minimum absolute atomic E-state index is 0.293. The van der Waals surface area contributed by atoms with Crippen LogP contribution in [0.25, 0.3) is 0 Å². The molecule has 0 radical (unpaired) electrons. The Balaban J connectivity index is 3.87. The topological polar surface area (TPSA) is 66.4 Å². The van der Waals surface area contributed by atoms with E-state index in [1.807, 2.05) is 6.92 Å². The SMILES string of the molecule is BC(=O)N[C@@H](CCCC)C(=O)O. The number of nitrogens with one attached hydrogen (secondary N) is 1. The number of unbranched alkanes of at least 4 members (excludes halogenated alkanes) is 1. The number of hydrogen-bond donors (Lipinski definition) is 2. The second kappa shape index (κ2) is 5.63. The van der Waals surface area contributed by atoms with E-state index in [4.69, 9.17) is 5.11 Å². The molecule has 4 nitrogen and oxygen atoms in total. The highest BCUT2D eigenvalue weighted by Gasteiger charge is 2.16. The molecule has 68 valence electrons. The predicted molar refractivity (Wildman–Crippen MR) is 48.0 cm³/mol. The average molecular weight is 171 g/mol. The van der Waals surface area contributed by atoms with Gasteiger partial charge in [-0.25, -0.2) is 4.79 Å². The quantitative estimate of drug-likeness (QED) is 0.571. The molecule has 2 N–H and O–H groups in total. The van der Waals surface area contributed by atoms with Gasteiger partial charge in [-0.3, -0.25) is 4.79 Å². The van der Waals surface area contributed by atoms with E-state index < -0.39 is 12.0 Å². The Morgan fingerprint density at radius 1 is 1.58 bits per heavy atom. The van der Waals surface area contributed by atoms with Crippen LogP contribution in [-0.4, -0.2) is 30.8 Å². The van der Waals surface area contributed by atoms with E-state index in [0.717, 1.165) is 12.8 Å². The van der Waals surface area contributed by atoms with Crippen molar-refractivity contribution < 1.29 is 14.7 Å². The summed E-state index contributed by atoms with van der Waals surface area (Å²) in [5.74, 6) is -1.25. The van der Waals surface area contributed by atoms with Crippen LogP contribution >= 0.6 is 0 Å². The van der Waals surface area contributed by atoms with E-state index in [-0.39, 0.29) is 5.81 Å². The molecule has 0 heterocycles. The summed E-state index contributed by atoms with van der Waals surface area (Å²) in [7, 11) is 1.32. The highest BCUT2D eigenvalue weighted by Crippen LogP contribution is 2.00. The smallest absolute Gasteiger partial charge is 0.326 e. The summed E-state index contributed by atoms with van der Waals surface area (Å²) in [5, 5.41) is 11.0. The van der Waals surface area contributed by atoms with Crippen molar-refractivity contribution in [3.8, 4) is 0 Å². The molecule has 0 aromatic carbocycles. The molecule has 0 saturated carbocycles. The van der Waals surface area contributed by atoms with Gasteiger partial charge in [-0.1, -0.05) is 19.8 Å². The van der Waals surface area contributed by atoms with E-state index >= 15 is 0 Å². The third kappa shape index (κ3) is 4.76. The number of carboxylic acids is 1. The Morgan fingerprint density at radius 2 is 2.17 bits per heavy atom. The molecule has 0 saturated heterocycles. The fourth-order valence-electron chi connectivity index (χ4n) is 0.911. The van der Waals surface area contributed by atoms with Crippen LogP contribution in [0.4, 0.5) is 4.79 Å². The number of aliphatic carboxylic acids is 1. The Hall–Kier alpha value is -0.995. The first-order valence-electron chi connectivity index (χ1n) is 4.07. The van der Waals surface area contributed by atoms with Crippen LogP contribution in [0.5, 0.6) is 0 Å². The van der Waals surface area contributed by atoms with Gasteiger partial charge in [0.1, 0.15) is 6.04 Å². The molecule has 5 heteroatoms. The number of amides is 1. The molecule has 0 bridgehead atoms. The van der Waals surface area contributed by atoms with Gasteiger partial charge >= 0.3 is 5.97 Å². The second-order valence-electron chi connectivity index (χ2n) is 2.73. The van der Waals surface area contributed by atoms with Gasteiger partial charge < -0.3 is 10.4 Å². The minimum atomic E-state index is -0.960. The van der Waals surface area contributed by atoms with Crippen molar-refractivity contribution >= 4 is 19.6 Å². The zero-order chi connectivity index (χ0) is 9.56. The fraction of sp³-hybridized carbons (Fsp3) is 0.714. The minimum Gasteiger partial charge on any atom is -0.480 e. The Labute approximate surface area is 72.7 Å². The molecule has 0 spiro atoms. The third-order valence-corrected chi connectivity index (χ3v) is 1.52. The molecule has 0 rings (SSSR count). The van der Waals surface area contributed by atoms with Crippen molar-refractivity contribution in [3.05, 3.63) is 0 Å². The van der Waals surface area contributed by atoms with Gasteiger partial charge in [0.15, 0.2) is 5.81 Å². The zero-order valence-corrected chi connectivity index (χ0v) is 7.46. The summed E-state index contributed by atoms with van der Waals surface area (Å²) in [6.45, 7) is 1.98. The molecule has 0 aliphatic heterocycles. The van der Waals surface area contributed by atoms with Crippen LogP contribution in [0.1, 0.15) is 26.2 Å². The maximum Gasteiger partial charge on any atom is 0.326 e. The maximum absolute atomic E-state index is 10.5. The van der Waals surface area contributed by atoms with Gasteiger partial charge in [-0.15, -0.1) is 0 Å². The molecule has 0 aliphatic carbocycles. The van der Waals surface area contributed by atoms with Crippen LogP contribution in [-0.2, 0) is 4.79 Å². The number of carboxylic acid groups (broad SMARTS) is 1. The largest absolute Gasteiger partial charge is 0.480 e. The van der Waals surface area contributed by atoms with Crippen LogP contribution in [0.15, 0.2) is 0 Å². The van der Waals surface area contributed by atoms with Gasteiger partial charge in [0.25, 0.3) is 0 Å². The van der Waals surface area contributed by atoms with Crippen molar-refractivity contribution in [2.24, 2.45) is 0 Å². The third-order valence-electron chi connectivity index (χ3n) is 1.52. The summed E-state index contributed by atoms with van der Waals surface area (Å²) < 4.78 is 0. The van der Waals surface area contributed by atoms with Gasteiger partial charge in [0, 0.05) is 0 Å². The zero-order valence-electron chi connectivity index (χ0n) is 7.46. The summed E-state index contributed by atoms with van der Waals surface area (Å²) in [5.41, 5.74) is 0. The molecule has 0 aromatic heterocycles. The van der Waals surface area contributed by atoms with E-state index in [1.165, 1.54) is 7.85 Å². The maximum atomic E-state index is 10.5. The number of rotatable bonds is 5. The van der Waals surface area contributed by atoms with Crippen molar-refractivity contribution in [1.82, 2.24) is 5.32 Å². The number of carbonyl (C=O) groups excluding carboxylic acids is 1.